The van der Waals surface area contributed by atoms with Crippen molar-refractivity contribution in [1.29, 1.82) is 0 Å². The maximum absolute atomic E-state index is 11.1. The Morgan fingerprint density at radius 2 is 2.00 bits per heavy atom. The molecule has 0 unspecified atom stereocenters. The molecule has 1 aromatic carbocycles. The van der Waals surface area contributed by atoms with E-state index < -0.39 is 0 Å². The summed E-state index contributed by atoms with van der Waals surface area (Å²) in [4.78, 5) is 13.9. The van der Waals surface area contributed by atoms with E-state index in [1.807, 2.05) is 31.2 Å². The van der Waals surface area contributed by atoms with Crippen LogP contribution in [0, 0.1) is 6.92 Å². The minimum absolute atomic E-state index is 0.121. The van der Waals surface area contributed by atoms with Gasteiger partial charge in [0.2, 0.25) is 5.56 Å². The van der Waals surface area contributed by atoms with Gasteiger partial charge >= 0.3 is 0 Å². The molecule has 0 fully saturated rings. The molecule has 3 heteroatoms. The smallest absolute Gasteiger partial charge is 0.248 e. The number of benzene rings is 1. The van der Waals surface area contributed by atoms with E-state index in [2.05, 4.69) is 4.98 Å². The zero-order chi connectivity index (χ0) is 10.8. The number of hydrogen-bond acceptors (Lipinski definition) is 1. The molecule has 1 N–H and O–H groups in total. The Bertz CT molecular complexity index is 545. The van der Waals surface area contributed by atoms with Gasteiger partial charge in [-0.1, -0.05) is 29.8 Å². The Balaban J connectivity index is 2.59. The van der Waals surface area contributed by atoms with Gasteiger partial charge in [0.1, 0.15) is 0 Å². The molecule has 15 heavy (non-hydrogen) atoms. The van der Waals surface area contributed by atoms with E-state index in [1.54, 1.807) is 6.07 Å². The Morgan fingerprint density at radius 3 is 2.67 bits per heavy atom. The summed E-state index contributed by atoms with van der Waals surface area (Å²) in [6.07, 6.45) is 0. The summed E-state index contributed by atoms with van der Waals surface area (Å²) in [5.74, 6) is 0. The molecular formula is C12H10ClNO. The minimum Gasteiger partial charge on any atom is -0.322 e. The van der Waals surface area contributed by atoms with Crippen LogP contribution < -0.4 is 5.56 Å². The largest absolute Gasteiger partial charge is 0.322 e. The van der Waals surface area contributed by atoms with Crippen LogP contribution in [0.15, 0.2) is 41.2 Å². The van der Waals surface area contributed by atoms with E-state index >= 15 is 0 Å². The zero-order valence-electron chi connectivity index (χ0n) is 8.25. The maximum Gasteiger partial charge on any atom is 0.248 e. The van der Waals surface area contributed by atoms with Gasteiger partial charge in [-0.25, -0.2) is 0 Å². The predicted octanol–water partition coefficient (Wildman–Crippen LogP) is 3.00. The molecule has 0 atom stereocenters. The Morgan fingerprint density at radius 1 is 1.20 bits per heavy atom. The lowest BCUT2D eigenvalue weighted by atomic mass is 10.1. The fraction of sp³-hybridized carbons (Fsp3) is 0.0833. The van der Waals surface area contributed by atoms with Gasteiger partial charge in [0.15, 0.2) is 0 Å². The highest BCUT2D eigenvalue weighted by Gasteiger charge is 2.03. The second-order valence-electron chi connectivity index (χ2n) is 3.41. The molecule has 0 saturated carbocycles. The van der Waals surface area contributed by atoms with Crippen molar-refractivity contribution in [3.63, 3.8) is 0 Å². The summed E-state index contributed by atoms with van der Waals surface area (Å²) in [5, 5.41) is 0.650. The molecule has 2 aromatic rings. The van der Waals surface area contributed by atoms with Gasteiger partial charge in [0.25, 0.3) is 0 Å². The molecular weight excluding hydrogens is 210 g/mol. The highest BCUT2D eigenvalue weighted by Crippen LogP contribution is 2.26. The minimum atomic E-state index is -0.121. The fourth-order valence-electron chi connectivity index (χ4n) is 1.44. The summed E-state index contributed by atoms with van der Waals surface area (Å²) >= 11 is 6.09. The van der Waals surface area contributed by atoms with Crippen LogP contribution in [0.5, 0.6) is 0 Å². The van der Waals surface area contributed by atoms with E-state index in [1.165, 1.54) is 6.07 Å². The average Bonchev–Trinajstić information content (AvgIpc) is 2.17. The van der Waals surface area contributed by atoms with E-state index in [0.29, 0.717) is 5.02 Å². The van der Waals surface area contributed by atoms with Crippen molar-refractivity contribution in [2.24, 2.45) is 0 Å². The molecule has 76 valence electrons. The third kappa shape index (κ3) is 2.10. The van der Waals surface area contributed by atoms with Crippen molar-refractivity contribution in [2.45, 2.75) is 6.92 Å². The monoisotopic (exact) mass is 219 g/mol. The first-order valence-electron chi connectivity index (χ1n) is 4.63. The van der Waals surface area contributed by atoms with E-state index in [9.17, 15) is 4.79 Å². The first-order chi connectivity index (χ1) is 7.16. The van der Waals surface area contributed by atoms with Crippen molar-refractivity contribution >= 4 is 11.6 Å². The lowest BCUT2D eigenvalue weighted by molar-refractivity contribution is 1.24. The molecule has 0 spiro atoms. The first kappa shape index (κ1) is 9.99. The molecule has 0 aliphatic heterocycles. The topological polar surface area (TPSA) is 32.9 Å². The third-order valence-electron chi connectivity index (χ3n) is 2.18. The Kier molecular flexibility index (Phi) is 2.60. The van der Waals surface area contributed by atoms with Crippen molar-refractivity contribution in [1.82, 2.24) is 4.98 Å². The van der Waals surface area contributed by atoms with Crippen LogP contribution in [-0.4, -0.2) is 4.98 Å². The lowest BCUT2D eigenvalue weighted by Crippen LogP contribution is -2.03. The van der Waals surface area contributed by atoms with Gasteiger partial charge in [-0.15, -0.1) is 0 Å². The standard InChI is InChI=1S/C12H10ClNO/c1-8-5-6-9(10(13)7-8)11-3-2-4-12(15)14-11/h2-7H,1H3,(H,14,15). The number of pyridine rings is 1. The summed E-state index contributed by atoms with van der Waals surface area (Å²) in [6, 6.07) is 10.8. The molecule has 0 aliphatic carbocycles. The summed E-state index contributed by atoms with van der Waals surface area (Å²) in [7, 11) is 0. The number of aromatic nitrogens is 1. The Labute approximate surface area is 92.5 Å². The van der Waals surface area contributed by atoms with Gasteiger partial charge in [-0.05, 0) is 24.6 Å². The average molecular weight is 220 g/mol. The number of halogens is 1. The van der Waals surface area contributed by atoms with Crippen LogP contribution in [0.25, 0.3) is 11.3 Å². The quantitative estimate of drug-likeness (QED) is 0.786. The molecule has 2 rings (SSSR count). The first-order valence-corrected chi connectivity index (χ1v) is 5.00. The van der Waals surface area contributed by atoms with Crippen molar-refractivity contribution in [2.75, 3.05) is 0 Å². The van der Waals surface area contributed by atoms with Crippen LogP contribution >= 0.6 is 11.6 Å². The highest BCUT2D eigenvalue weighted by molar-refractivity contribution is 6.33. The molecule has 0 saturated heterocycles. The van der Waals surface area contributed by atoms with E-state index in [4.69, 9.17) is 11.6 Å². The van der Waals surface area contributed by atoms with Gasteiger partial charge in [-0.2, -0.15) is 0 Å². The number of nitrogens with one attached hydrogen (secondary N) is 1. The van der Waals surface area contributed by atoms with E-state index in [0.717, 1.165) is 16.8 Å². The van der Waals surface area contributed by atoms with Crippen LogP contribution in [0.2, 0.25) is 5.02 Å². The van der Waals surface area contributed by atoms with Crippen molar-refractivity contribution in [3.8, 4) is 11.3 Å². The SMILES string of the molecule is Cc1ccc(-c2cccc(=O)[nH]2)c(Cl)c1. The number of hydrogen-bond donors (Lipinski definition) is 1. The fourth-order valence-corrected chi connectivity index (χ4v) is 1.78. The van der Waals surface area contributed by atoms with Crippen molar-refractivity contribution in [3.05, 3.63) is 57.3 Å². The third-order valence-corrected chi connectivity index (χ3v) is 2.50. The van der Waals surface area contributed by atoms with E-state index in [-0.39, 0.29) is 5.56 Å². The molecule has 0 bridgehead atoms. The second-order valence-corrected chi connectivity index (χ2v) is 3.82. The molecule has 0 radical (unpaired) electrons. The lowest BCUT2D eigenvalue weighted by Gasteiger charge is -2.04. The van der Waals surface area contributed by atoms with Crippen LogP contribution in [0.3, 0.4) is 0 Å². The number of aryl methyl sites for hydroxylation is 1. The summed E-state index contributed by atoms with van der Waals surface area (Å²) < 4.78 is 0. The van der Waals surface area contributed by atoms with Crippen molar-refractivity contribution < 1.29 is 0 Å². The van der Waals surface area contributed by atoms with Crippen LogP contribution in [0.4, 0.5) is 0 Å². The molecule has 1 aromatic heterocycles. The molecule has 0 aliphatic rings. The molecule has 0 amide bonds. The number of H-pyrrole nitrogens is 1. The molecule has 1 heterocycles. The summed E-state index contributed by atoms with van der Waals surface area (Å²) in [5.41, 5.74) is 2.57. The summed E-state index contributed by atoms with van der Waals surface area (Å²) in [6.45, 7) is 1.98. The van der Waals surface area contributed by atoms with Crippen LogP contribution in [0.1, 0.15) is 5.56 Å². The normalized spacial score (nSPS) is 10.3. The van der Waals surface area contributed by atoms with Gasteiger partial charge in [0.05, 0.1) is 5.02 Å². The number of aromatic amines is 1. The highest BCUT2D eigenvalue weighted by atomic mass is 35.5. The number of rotatable bonds is 1. The zero-order valence-corrected chi connectivity index (χ0v) is 9.01. The Hall–Kier alpha value is -1.54. The van der Waals surface area contributed by atoms with Gasteiger partial charge in [-0.3, -0.25) is 4.79 Å². The molecule has 2 nitrogen and oxygen atoms in total. The maximum atomic E-state index is 11.1. The predicted molar refractivity (Wildman–Crippen MR) is 62.2 cm³/mol. The van der Waals surface area contributed by atoms with Gasteiger partial charge < -0.3 is 4.98 Å². The van der Waals surface area contributed by atoms with Gasteiger partial charge in [0, 0.05) is 17.3 Å². The second kappa shape index (κ2) is 3.91. The van der Waals surface area contributed by atoms with Crippen LogP contribution in [-0.2, 0) is 0 Å².